The highest BCUT2D eigenvalue weighted by molar-refractivity contribution is 7.35. The zero-order valence-corrected chi connectivity index (χ0v) is 66.2. The first-order chi connectivity index (χ1) is 45.8. The number of carbonyl (C=O) groups excluding carboxylic acids is 4. The smallest absolute Gasteiger partial charge is 0.263 e. The molecule has 0 saturated heterocycles. The second kappa shape index (κ2) is 33.4. The Bertz CT molecular complexity index is 3550. The lowest BCUT2D eigenvalue weighted by atomic mass is 10.0. The first kappa shape index (κ1) is 72.2. The summed E-state index contributed by atoms with van der Waals surface area (Å²) in [4.78, 5) is 78.6. The lowest BCUT2D eigenvalue weighted by molar-refractivity contribution is 0.0636. The van der Waals surface area contributed by atoms with E-state index in [9.17, 15) is 9.59 Å². The molecular formula is C80H114N2O4S6Si2. The SMILES string of the molecule is CCCCCCCCCCN1C(=O)c2c(C)sc(-c3cc4c(s3)-c3sc(-c5sc(-c6cc7c(s6)-c6sc(C)cc6[Si]7(CCCCCCCC)C6CCCCC6)c6c5C(=O)N(CCCCCCCCCC)C6=O)cc3[Si]4(CC(CC)CCCC)CC(CC)CCCC)c2C1=O. The highest BCUT2D eigenvalue weighted by atomic mass is 32.1. The summed E-state index contributed by atoms with van der Waals surface area (Å²) in [5.74, 6) is 0.800. The van der Waals surface area contributed by atoms with Gasteiger partial charge in [0.1, 0.15) is 16.1 Å². The second-order valence-electron chi connectivity index (χ2n) is 29.5. The summed E-state index contributed by atoms with van der Waals surface area (Å²) in [5, 5.41) is 6.51. The van der Waals surface area contributed by atoms with E-state index in [-0.39, 0.29) is 23.6 Å². The molecule has 0 radical (unpaired) electrons. The minimum atomic E-state index is -2.60. The standard InChI is InChI=1S/C80H114N2O4S6Si2/c1-10-17-22-25-28-30-32-38-45-81-77(83)66-55(9)88-70(67(66)78(81)84)59-49-62-73(89-59)74-63(93(62,52-56(15-6)41-20-13-4)53-57(16-7)42-21-14-5)50-60(90-74)71-68-69(80(86)82(79(68)85)46-39-33-31-29-26-23-18-11-2)72(92-71)61-51-65-76(91-61)75-64(48-54(8)87-75)94(65,58-43-36-35-37-44-58)47-40-34-27-24-19-12-3/h48-51,56-58H,10-47,52-53H2,1-9H3. The third kappa shape index (κ3) is 14.5. The van der Waals surface area contributed by atoms with Crippen LogP contribution in [0.4, 0.5) is 0 Å². The molecule has 6 nitrogen and oxygen atoms in total. The largest absolute Gasteiger partial charge is 0.274 e. The van der Waals surface area contributed by atoms with Gasteiger partial charge in [-0.2, -0.15) is 0 Å². The Balaban J connectivity index is 1.03. The van der Waals surface area contributed by atoms with Crippen LogP contribution in [-0.2, 0) is 0 Å². The van der Waals surface area contributed by atoms with Crippen molar-refractivity contribution in [3.63, 3.8) is 0 Å². The van der Waals surface area contributed by atoms with Gasteiger partial charge in [0.25, 0.3) is 23.6 Å². The number of carbonyl (C=O) groups is 4. The van der Waals surface area contributed by atoms with E-state index >= 15 is 9.59 Å². The fourth-order valence-electron chi connectivity index (χ4n) is 17.8. The van der Waals surface area contributed by atoms with E-state index < -0.39 is 16.1 Å². The van der Waals surface area contributed by atoms with E-state index in [1.54, 1.807) is 53.2 Å². The fraction of sp³-hybridized carbons (Fsp3) is 0.650. The molecule has 14 heteroatoms. The van der Waals surface area contributed by atoms with E-state index in [2.05, 4.69) is 86.6 Å². The van der Waals surface area contributed by atoms with Crippen LogP contribution in [0.25, 0.3) is 48.8 Å². The molecule has 4 aliphatic heterocycles. The molecule has 4 amide bonds. The molecule has 0 spiro atoms. The average Bonchev–Trinajstić information content (AvgIpc) is 1.54. The maximum Gasteiger partial charge on any atom is 0.263 e. The zero-order valence-electron chi connectivity index (χ0n) is 59.3. The van der Waals surface area contributed by atoms with Crippen LogP contribution in [0.2, 0.25) is 23.7 Å². The quantitative estimate of drug-likeness (QED) is 0.0218. The first-order valence-electron chi connectivity index (χ1n) is 38.4. The average molecular weight is 1420 g/mol. The van der Waals surface area contributed by atoms with E-state index in [1.165, 1.54) is 221 Å². The predicted octanol–water partition coefficient (Wildman–Crippen LogP) is 24.4. The molecule has 3 atom stereocenters. The number of rotatable bonds is 41. The summed E-state index contributed by atoms with van der Waals surface area (Å²) >= 11 is 11.2. The van der Waals surface area contributed by atoms with Crippen molar-refractivity contribution in [2.45, 2.75) is 311 Å². The second-order valence-corrected chi connectivity index (χ2v) is 44.6. The molecule has 512 valence electrons. The lowest BCUT2D eigenvalue weighted by Gasteiger charge is -2.39. The Kier molecular flexibility index (Phi) is 25.6. The Morgan fingerprint density at radius 3 is 1.22 bits per heavy atom. The van der Waals surface area contributed by atoms with Crippen LogP contribution < -0.4 is 20.7 Å². The van der Waals surface area contributed by atoms with Crippen LogP contribution in [0.1, 0.15) is 324 Å². The molecule has 0 bridgehead atoms. The predicted molar refractivity (Wildman–Crippen MR) is 418 cm³/mol. The van der Waals surface area contributed by atoms with Crippen molar-refractivity contribution in [3.05, 3.63) is 56.3 Å². The van der Waals surface area contributed by atoms with Gasteiger partial charge in [0.2, 0.25) is 0 Å². The number of fused-ring (bicyclic) bond motifs is 8. The molecule has 0 aromatic carbocycles. The van der Waals surface area contributed by atoms with Gasteiger partial charge in [-0.05, 0) is 107 Å². The van der Waals surface area contributed by atoms with Crippen molar-refractivity contribution < 1.29 is 19.2 Å². The molecular weight excluding hydrogens is 1300 g/mol. The number of hydrogen-bond acceptors (Lipinski definition) is 10. The van der Waals surface area contributed by atoms with Crippen LogP contribution in [-0.4, -0.2) is 62.7 Å². The van der Waals surface area contributed by atoms with Gasteiger partial charge in [0, 0.05) is 57.0 Å². The number of hydrogen-bond donors (Lipinski definition) is 0. The fourth-order valence-corrected chi connectivity index (χ4v) is 41.1. The van der Waals surface area contributed by atoms with Crippen LogP contribution in [0, 0.1) is 25.7 Å². The lowest BCUT2D eigenvalue weighted by Crippen LogP contribution is -2.58. The number of unbranched alkanes of at least 4 members (excludes halogenated alkanes) is 21. The van der Waals surface area contributed by atoms with Gasteiger partial charge in [-0.15, -0.1) is 68.0 Å². The highest BCUT2D eigenvalue weighted by Gasteiger charge is 2.55. The van der Waals surface area contributed by atoms with Gasteiger partial charge in [-0.25, -0.2) is 0 Å². The van der Waals surface area contributed by atoms with Crippen molar-refractivity contribution >= 4 is 129 Å². The monoisotopic (exact) mass is 1410 g/mol. The van der Waals surface area contributed by atoms with Crippen LogP contribution in [0.15, 0.2) is 24.3 Å². The third-order valence-electron chi connectivity index (χ3n) is 23.0. The molecule has 3 unspecified atom stereocenters. The van der Waals surface area contributed by atoms with Crippen molar-refractivity contribution in [2.24, 2.45) is 11.8 Å². The van der Waals surface area contributed by atoms with Crippen molar-refractivity contribution in [1.29, 1.82) is 0 Å². The van der Waals surface area contributed by atoms with Gasteiger partial charge < -0.3 is 0 Å². The summed E-state index contributed by atoms with van der Waals surface area (Å²) in [5.41, 5.74) is 3.36. The van der Waals surface area contributed by atoms with E-state index in [1.807, 2.05) is 45.3 Å². The number of nitrogens with zero attached hydrogens (tertiary/aromatic N) is 2. The van der Waals surface area contributed by atoms with E-state index in [4.69, 9.17) is 0 Å². The highest BCUT2D eigenvalue weighted by Crippen LogP contribution is 2.57. The van der Waals surface area contributed by atoms with Crippen LogP contribution >= 0.6 is 68.0 Å². The minimum absolute atomic E-state index is 0.0749. The summed E-state index contributed by atoms with van der Waals surface area (Å²) in [6.07, 6.45) is 42.8. The van der Waals surface area contributed by atoms with E-state index in [0.717, 1.165) is 86.2 Å². The molecule has 6 aromatic heterocycles. The minimum Gasteiger partial charge on any atom is -0.274 e. The molecule has 0 N–H and O–H groups in total. The number of aryl methyl sites for hydroxylation is 2. The molecule has 1 saturated carbocycles. The van der Waals surface area contributed by atoms with Crippen molar-refractivity contribution in [2.75, 3.05) is 13.1 Å². The van der Waals surface area contributed by atoms with Gasteiger partial charge in [-0.1, -0.05) is 260 Å². The van der Waals surface area contributed by atoms with Gasteiger partial charge in [-0.3, -0.25) is 29.0 Å². The molecule has 94 heavy (non-hydrogen) atoms. The summed E-state index contributed by atoms with van der Waals surface area (Å²) in [7, 11) is -4.82. The summed E-state index contributed by atoms with van der Waals surface area (Å²) < 4.78 is 0. The molecule has 11 rings (SSSR count). The maximum absolute atomic E-state index is 15.7. The number of thiophene rings is 6. The van der Waals surface area contributed by atoms with Crippen LogP contribution in [0.3, 0.4) is 0 Å². The first-order valence-corrected chi connectivity index (χ1v) is 48.0. The van der Waals surface area contributed by atoms with Gasteiger partial charge in [0.15, 0.2) is 0 Å². The Labute approximate surface area is 593 Å². The van der Waals surface area contributed by atoms with Crippen LogP contribution in [0.5, 0.6) is 0 Å². The van der Waals surface area contributed by atoms with Gasteiger partial charge in [0.05, 0.1) is 36.9 Å². The normalized spacial score (nSPS) is 18.9. The van der Waals surface area contributed by atoms with Crippen molar-refractivity contribution in [3.8, 4) is 48.8 Å². The Hall–Kier alpha value is -3.09. The molecule has 5 aliphatic rings. The topological polar surface area (TPSA) is 74.8 Å². The molecule has 6 aromatic rings. The summed E-state index contributed by atoms with van der Waals surface area (Å²) in [6.45, 7) is 21.8. The van der Waals surface area contributed by atoms with E-state index in [0.29, 0.717) is 47.2 Å². The van der Waals surface area contributed by atoms with Crippen molar-refractivity contribution in [1.82, 2.24) is 9.80 Å². The number of amides is 4. The molecule has 1 aliphatic carbocycles. The molecule has 1 fully saturated rings. The summed E-state index contributed by atoms with van der Waals surface area (Å²) in [6, 6.07) is 14.2. The third-order valence-corrected chi connectivity index (χ3v) is 42.6. The Morgan fingerprint density at radius 1 is 0.394 bits per heavy atom. The zero-order chi connectivity index (χ0) is 66.1. The molecule has 10 heterocycles. The van der Waals surface area contributed by atoms with Gasteiger partial charge >= 0.3 is 0 Å². The number of imide groups is 2. The Morgan fingerprint density at radius 2 is 0.766 bits per heavy atom. The maximum atomic E-state index is 15.7.